The molecule has 6 nitrogen and oxygen atoms in total. The lowest BCUT2D eigenvalue weighted by molar-refractivity contribution is 0.0735. The molecule has 0 aromatic carbocycles. The molecule has 2 fully saturated rings. The van der Waals surface area contributed by atoms with Gasteiger partial charge in [-0.1, -0.05) is 19.3 Å². The highest BCUT2D eigenvalue weighted by atomic mass is 16.2. The molecule has 3 rings (SSSR count). The van der Waals surface area contributed by atoms with E-state index >= 15 is 0 Å². The van der Waals surface area contributed by atoms with Crippen LogP contribution in [-0.2, 0) is 0 Å². The molecule has 6 heteroatoms. The first-order valence-corrected chi connectivity index (χ1v) is 8.39. The standard InChI is InChI=1S/C16H25N5O/c22-15(21-8-6-17-7-9-21)14-11-19-16(20-12-14)18-10-13-4-2-1-3-5-13/h11-13,17H,1-10H2,(H,18,19,20). The van der Waals surface area contributed by atoms with Gasteiger partial charge in [-0.2, -0.15) is 0 Å². The number of carbonyl (C=O) groups is 1. The molecule has 2 heterocycles. The van der Waals surface area contributed by atoms with E-state index in [9.17, 15) is 4.79 Å². The maximum absolute atomic E-state index is 12.3. The van der Waals surface area contributed by atoms with Crippen LogP contribution in [0.1, 0.15) is 42.5 Å². The van der Waals surface area contributed by atoms with Gasteiger partial charge in [-0.25, -0.2) is 9.97 Å². The van der Waals surface area contributed by atoms with Crippen molar-refractivity contribution in [3.63, 3.8) is 0 Å². The van der Waals surface area contributed by atoms with Crippen LogP contribution in [-0.4, -0.2) is 53.5 Å². The van der Waals surface area contributed by atoms with E-state index in [2.05, 4.69) is 20.6 Å². The highest BCUT2D eigenvalue weighted by Gasteiger charge is 2.18. The highest BCUT2D eigenvalue weighted by molar-refractivity contribution is 5.93. The number of piperazine rings is 1. The fourth-order valence-corrected chi connectivity index (χ4v) is 3.21. The minimum absolute atomic E-state index is 0.0281. The number of hydrogen-bond donors (Lipinski definition) is 2. The van der Waals surface area contributed by atoms with Gasteiger partial charge in [0, 0.05) is 45.1 Å². The summed E-state index contributed by atoms with van der Waals surface area (Å²) in [6.07, 6.45) is 9.92. The lowest BCUT2D eigenvalue weighted by atomic mass is 9.89. The quantitative estimate of drug-likeness (QED) is 0.882. The molecule has 0 spiro atoms. The van der Waals surface area contributed by atoms with Gasteiger partial charge in [-0.15, -0.1) is 0 Å². The molecule has 2 aliphatic rings. The van der Waals surface area contributed by atoms with E-state index < -0.39 is 0 Å². The minimum Gasteiger partial charge on any atom is -0.354 e. The van der Waals surface area contributed by atoms with Crippen LogP contribution < -0.4 is 10.6 Å². The number of amides is 1. The van der Waals surface area contributed by atoms with Crippen LogP contribution in [0.5, 0.6) is 0 Å². The lowest BCUT2D eigenvalue weighted by Gasteiger charge is -2.27. The predicted molar refractivity (Wildman–Crippen MR) is 85.9 cm³/mol. The zero-order chi connectivity index (χ0) is 15.2. The van der Waals surface area contributed by atoms with Crippen molar-refractivity contribution in [2.24, 2.45) is 5.92 Å². The molecular formula is C16H25N5O. The molecule has 1 saturated heterocycles. The normalized spacial score (nSPS) is 19.9. The number of anilines is 1. The number of nitrogens with zero attached hydrogens (tertiary/aromatic N) is 3. The zero-order valence-electron chi connectivity index (χ0n) is 13.1. The zero-order valence-corrected chi connectivity index (χ0v) is 13.1. The average Bonchev–Trinajstić information content (AvgIpc) is 2.61. The molecular weight excluding hydrogens is 278 g/mol. The summed E-state index contributed by atoms with van der Waals surface area (Å²) < 4.78 is 0. The molecule has 2 N–H and O–H groups in total. The van der Waals surface area contributed by atoms with E-state index in [4.69, 9.17) is 0 Å². The summed E-state index contributed by atoms with van der Waals surface area (Å²) in [5, 5.41) is 6.55. The summed E-state index contributed by atoms with van der Waals surface area (Å²) in [5.74, 6) is 1.39. The van der Waals surface area contributed by atoms with Crippen molar-refractivity contribution in [2.75, 3.05) is 38.0 Å². The predicted octanol–water partition coefficient (Wildman–Crippen LogP) is 1.51. The monoisotopic (exact) mass is 303 g/mol. The Morgan fingerprint density at radius 3 is 2.55 bits per heavy atom. The Balaban J connectivity index is 1.51. The molecule has 1 saturated carbocycles. The minimum atomic E-state index is 0.0281. The maximum atomic E-state index is 12.3. The fourth-order valence-electron chi connectivity index (χ4n) is 3.21. The summed E-state index contributed by atoms with van der Waals surface area (Å²) in [5.41, 5.74) is 0.574. The molecule has 0 radical (unpaired) electrons. The number of hydrogen-bond acceptors (Lipinski definition) is 5. The summed E-state index contributed by atoms with van der Waals surface area (Å²) in [7, 11) is 0. The van der Waals surface area contributed by atoms with E-state index in [0.29, 0.717) is 11.5 Å². The van der Waals surface area contributed by atoms with Crippen molar-refractivity contribution in [3.05, 3.63) is 18.0 Å². The van der Waals surface area contributed by atoms with Gasteiger partial charge in [0.1, 0.15) is 0 Å². The SMILES string of the molecule is O=C(c1cnc(NCC2CCCCC2)nc1)N1CCNCC1. The van der Waals surface area contributed by atoms with Gasteiger partial charge in [0.15, 0.2) is 0 Å². The second-order valence-corrected chi connectivity index (χ2v) is 6.22. The Kier molecular flexibility index (Phi) is 5.21. The van der Waals surface area contributed by atoms with Crippen LogP contribution in [0, 0.1) is 5.92 Å². The first-order chi connectivity index (χ1) is 10.8. The Morgan fingerprint density at radius 1 is 1.18 bits per heavy atom. The van der Waals surface area contributed by atoms with Crippen molar-refractivity contribution < 1.29 is 4.79 Å². The van der Waals surface area contributed by atoms with E-state index in [0.717, 1.165) is 38.6 Å². The highest BCUT2D eigenvalue weighted by Crippen LogP contribution is 2.23. The first-order valence-electron chi connectivity index (χ1n) is 8.39. The lowest BCUT2D eigenvalue weighted by Crippen LogP contribution is -2.46. The molecule has 120 valence electrons. The molecule has 1 aliphatic carbocycles. The van der Waals surface area contributed by atoms with Crippen LogP contribution in [0.3, 0.4) is 0 Å². The molecule has 22 heavy (non-hydrogen) atoms. The van der Waals surface area contributed by atoms with Gasteiger partial charge in [0.2, 0.25) is 5.95 Å². The van der Waals surface area contributed by atoms with Crippen LogP contribution >= 0.6 is 0 Å². The van der Waals surface area contributed by atoms with E-state index in [1.165, 1.54) is 32.1 Å². The fraction of sp³-hybridized carbons (Fsp3) is 0.688. The molecule has 1 aliphatic heterocycles. The topological polar surface area (TPSA) is 70.2 Å². The van der Waals surface area contributed by atoms with Gasteiger partial charge < -0.3 is 15.5 Å². The first kappa shape index (κ1) is 15.2. The smallest absolute Gasteiger partial charge is 0.257 e. The van der Waals surface area contributed by atoms with Crippen LogP contribution in [0.2, 0.25) is 0 Å². The molecule has 0 unspecified atom stereocenters. The Morgan fingerprint density at radius 2 is 1.86 bits per heavy atom. The molecule has 0 bridgehead atoms. The molecule has 0 atom stereocenters. The van der Waals surface area contributed by atoms with Gasteiger partial charge >= 0.3 is 0 Å². The van der Waals surface area contributed by atoms with Crippen molar-refractivity contribution in [3.8, 4) is 0 Å². The number of rotatable bonds is 4. The second kappa shape index (κ2) is 7.54. The van der Waals surface area contributed by atoms with Gasteiger partial charge in [0.25, 0.3) is 5.91 Å². The summed E-state index contributed by atoms with van der Waals surface area (Å²) in [6.45, 7) is 4.15. The van der Waals surface area contributed by atoms with Crippen LogP contribution in [0.4, 0.5) is 5.95 Å². The Bertz CT molecular complexity index is 478. The number of carbonyl (C=O) groups excluding carboxylic acids is 1. The largest absolute Gasteiger partial charge is 0.354 e. The Hall–Kier alpha value is -1.69. The summed E-state index contributed by atoms with van der Waals surface area (Å²) in [4.78, 5) is 22.8. The second-order valence-electron chi connectivity index (χ2n) is 6.22. The van der Waals surface area contributed by atoms with Crippen molar-refractivity contribution in [2.45, 2.75) is 32.1 Å². The number of nitrogens with one attached hydrogen (secondary N) is 2. The van der Waals surface area contributed by atoms with Crippen molar-refractivity contribution in [1.29, 1.82) is 0 Å². The van der Waals surface area contributed by atoms with Gasteiger partial charge in [0.05, 0.1) is 5.56 Å². The molecule has 1 aromatic heterocycles. The van der Waals surface area contributed by atoms with Crippen LogP contribution in [0.25, 0.3) is 0 Å². The third kappa shape index (κ3) is 3.94. The van der Waals surface area contributed by atoms with Crippen molar-refractivity contribution in [1.82, 2.24) is 20.2 Å². The molecule has 1 aromatic rings. The van der Waals surface area contributed by atoms with Crippen LogP contribution in [0.15, 0.2) is 12.4 Å². The third-order valence-corrected chi connectivity index (χ3v) is 4.58. The maximum Gasteiger partial charge on any atom is 0.257 e. The summed E-state index contributed by atoms with van der Waals surface area (Å²) in [6, 6.07) is 0. The van der Waals surface area contributed by atoms with E-state index in [-0.39, 0.29) is 5.91 Å². The third-order valence-electron chi connectivity index (χ3n) is 4.58. The van der Waals surface area contributed by atoms with E-state index in [1.807, 2.05) is 4.90 Å². The molecule has 1 amide bonds. The average molecular weight is 303 g/mol. The van der Waals surface area contributed by atoms with Gasteiger partial charge in [-0.3, -0.25) is 4.79 Å². The van der Waals surface area contributed by atoms with E-state index in [1.54, 1.807) is 12.4 Å². The van der Waals surface area contributed by atoms with Crippen molar-refractivity contribution >= 4 is 11.9 Å². The van der Waals surface area contributed by atoms with Gasteiger partial charge in [-0.05, 0) is 18.8 Å². The summed E-state index contributed by atoms with van der Waals surface area (Å²) >= 11 is 0. The number of aromatic nitrogens is 2. The Labute approximate surface area is 131 Å².